The molecule has 106 valence electrons. The van der Waals surface area contributed by atoms with Crippen molar-refractivity contribution in [2.24, 2.45) is 0 Å². The number of nitrogens with zero attached hydrogens (tertiary/aromatic N) is 1. The van der Waals surface area contributed by atoms with Gasteiger partial charge in [-0.15, -0.1) is 0 Å². The molecule has 0 aromatic carbocycles. The normalized spacial score (nSPS) is 25.7. The summed E-state index contributed by atoms with van der Waals surface area (Å²) in [5.74, 6) is -0.0974. The van der Waals surface area contributed by atoms with Crippen LogP contribution in [-0.2, 0) is 14.8 Å². The molecule has 1 saturated heterocycles. The first-order chi connectivity index (χ1) is 8.35. The largest absolute Gasteiger partial charge is 0.373 e. The molecule has 0 aromatic heterocycles. The minimum Gasteiger partial charge on any atom is -0.373 e. The second kappa shape index (κ2) is 6.35. The van der Waals surface area contributed by atoms with E-state index < -0.39 is 10.0 Å². The van der Waals surface area contributed by atoms with Crippen molar-refractivity contribution in [1.82, 2.24) is 14.9 Å². The van der Waals surface area contributed by atoms with Gasteiger partial charge in [-0.25, -0.2) is 13.2 Å². The van der Waals surface area contributed by atoms with Crippen molar-refractivity contribution in [1.29, 1.82) is 0 Å². The zero-order valence-electron chi connectivity index (χ0n) is 11.0. The zero-order valence-corrected chi connectivity index (χ0v) is 11.8. The Bertz CT molecular complexity index is 375. The van der Waals surface area contributed by atoms with Gasteiger partial charge >= 0.3 is 6.03 Å². The van der Waals surface area contributed by atoms with Crippen LogP contribution in [0.2, 0.25) is 0 Å². The minimum absolute atomic E-state index is 0.0974. The van der Waals surface area contributed by atoms with Gasteiger partial charge in [0.05, 0.1) is 18.0 Å². The second-order valence-corrected chi connectivity index (χ2v) is 6.48. The summed E-state index contributed by atoms with van der Waals surface area (Å²) >= 11 is 0. The van der Waals surface area contributed by atoms with Gasteiger partial charge < -0.3 is 15.4 Å². The molecule has 0 radical (unpaired) electrons. The van der Waals surface area contributed by atoms with Gasteiger partial charge in [-0.05, 0) is 13.8 Å². The van der Waals surface area contributed by atoms with E-state index in [4.69, 9.17) is 4.74 Å². The highest BCUT2D eigenvalue weighted by molar-refractivity contribution is 7.89. The predicted molar refractivity (Wildman–Crippen MR) is 67.8 cm³/mol. The topological polar surface area (TPSA) is 87.7 Å². The SMILES string of the molecule is CNC(=O)NCCS(=O)(=O)N1C[C@H](C)O[C@@H](C)C1. The van der Waals surface area contributed by atoms with Gasteiger partial charge in [0, 0.05) is 26.7 Å². The van der Waals surface area contributed by atoms with Crippen LogP contribution in [-0.4, -0.2) is 63.4 Å². The second-order valence-electron chi connectivity index (χ2n) is 4.40. The summed E-state index contributed by atoms with van der Waals surface area (Å²) in [5, 5.41) is 4.83. The molecule has 0 bridgehead atoms. The molecule has 1 aliphatic heterocycles. The van der Waals surface area contributed by atoms with E-state index in [2.05, 4.69) is 10.6 Å². The van der Waals surface area contributed by atoms with Crippen molar-refractivity contribution < 1.29 is 17.9 Å². The third-order valence-electron chi connectivity index (χ3n) is 2.65. The van der Waals surface area contributed by atoms with Gasteiger partial charge in [-0.1, -0.05) is 0 Å². The third kappa shape index (κ3) is 4.43. The van der Waals surface area contributed by atoms with Crippen LogP contribution in [0.25, 0.3) is 0 Å². The molecule has 8 heteroatoms. The van der Waals surface area contributed by atoms with Crippen molar-refractivity contribution in [3.8, 4) is 0 Å². The summed E-state index contributed by atoms with van der Waals surface area (Å²) in [4.78, 5) is 10.9. The van der Waals surface area contributed by atoms with E-state index in [1.165, 1.54) is 11.4 Å². The number of amides is 2. The Labute approximate surface area is 108 Å². The maximum absolute atomic E-state index is 12.0. The van der Waals surface area contributed by atoms with Crippen LogP contribution in [0, 0.1) is 0 Å². The Morgan fingerprint density at radius 2 is 1.89 bits per heavy atom. The summed E-state index contributed by atoms with van der Waals surface area (Å²) in [6.07, 6.45) is -0.203. The monoisotopic (exact) mass is 279 g/mol. The van der Waals surface area contributed by atoms with Crippen LogP contribution in [0.1, 0.15) is 13.8 Å². The molecule has 2 amide bonds. The Morgan fingerprint density at radius 3 is 2.39 bits per heavy atom. The molecule has 1 aliphatic rings. The Balaban J connectivity index is 2.50. The van der Waals surface area contributed by atoms with E-state index in [1.54, 1.807) is 0 Å². The van der Waals surface area contributed by atoms with E-state index in [0.717, 1.165) is 0 Å². The molecule has 7 nitrogen and oxygen atoms in total. The first-order valence-corrected chi connectivity index (χ1v) is 7.55. The summed E-state index contributed by atoms with van der Waals surface area (Å²) in [6.45, 7) is 4.53. The average molecular weight is 279 g/mol. The zero-order chi connectivity index (χ0) is 13.8. The molecule has 0 spiro atoms. The molecular weight excluding hydrogens is 258 g/mol. The predicted octanol–water partition coefficient (Wildman–Crippen LogP) is -0.646. The fourth-order valence-corrected chi connectivity index (χ4v) is 3.36. The number of sulfonamides is 1. The number of rotatable bonds is 4. The first kappa shape index (κ1) is 15.2. The lowest BCUT2D eigenvalue weighted by molar-refractivity contribution is -0.0440. The minimum atomic E-state index is -3.34. The molecule has 1 rings (SSSR count). The molecule has 1 fully saturated rings. The van der Waals surface area contributed by atoms with Crippen LogP contribution < -0.4 is 10.6 Å². The highest BCUT2D eigenvalue weighted by Crippen LogP contribution is 2.14. The van der Waals surface area contributed by atoms with Crippen LogP contribution in [0.15, 0.2) is 0 Å². The Hall–Kier alpha value is -0.860. The van der Waals surface area contributed by atoms with Gasteiger partial charge in [0.15, 0.2) is 0 Å². The van der Waals surface area contributed by atoms with Gasteiger partial charge in [0.1, 0.15) is 0 Å². The van der Waals surface area contributed by atoms with E-state index in [1.807, 2.05) is 13.8 Å². The van der Waals surface area contributed by atoms with Gasteiger partial charge in [-0.3, -0.25) is 0 Å². The standard InChI is InChI=1S/C10H21N3O4S/c1-8-6-13(7-9(2)17-8)18(15,16)5-4-12-10(14)11-3/h8-9H,4-7H2,1-3H3,(H2,11,12,14)/t8-,9-/m0/s1. The quantitative estimate of drug-likeness (QED) is 0.716. The Morgan fingerprint density at radius 1 is 1.33 bits per heavy atom. The summed E-state index contributed by atoms with van der Waals surface area (Å²) < 4.78 is 31.0. The molecule has 2 atom stereocenters. The lowest BCUT2D eigenvalue weighted by atomic mass is 10.3. The van der Waals surface area contributed by atoms with Crippen LogP contribution in [0.5, 0.6) is 0 Å². The lowest BCUT2D eigenvalue weighted by Crippen LogP contribution is -2.50. The fourth-order valence-electron chi connectivity index (χ4n) is 1.87. The molecule has 2 N–H and O–H groups in total. The van der Waals surface area contributed by atoms with Crippen molar-refractivity contribution in [3.63, 3.8) is 0 Å². The van der Waals surface area contributed by atoms with Crippen LogP contribution in [0.3, 0.4) is 0 Å². The highest BCUT2D eigenvalue weighted by Gasteiger charge is 2.30. The molecule has 18 heavy (non-hydrogen) atoms. The van der Waals surface area contributed by atoms with Crippen LogP contribution in [0.4, 0.5) is 4.79 Å². The summed E-state index contributed by atoms with van der Waals surface area (Å²) in [6, 6.07) is -0.381. The van der Waals surface area contributed by atoms with Crippen molar-refractivity contribution >= 4 is 16.1 Å². The number of hydrogen-bond donors (Lipinski definition) is 2. The van der Waals surface area contributed by atoms with Gasteiger partial charge in [0.25, 0.3) is 0 Å². The highest BCUT2D eigenvalue weighted by atomic mass is 32.2. The number of carbonyl (C=O) groups excluding carboxylic acids is 1. The molecule has 0 saturated carbocycles. The molecule has 1 heterocycles. The number of nitrogens with one attached hydrogen (secondary N) is 2. The van der Waals surface area contributed by atoms with Crippen LogP contribution >= 0.6 is 0 Å². The van der Waals surface area contributed by atoms with E-state index in [-0.39, 0.29) is 30.5 Å². The molecule has 0 aromatic rings. The smallest absolute Gasteiger partial charge is 0.314 e. The maximum Gasteiger partial charge on any atom is 0.314 e. The number of ether oxygens (including phenoxy) is 1. The van der Waals surface area contributed by atoms with Crippen molar-refractivity contribution in [3.05, 3.63) is 0 Å². The number of morpholine rings is 1. The van der Waals surface area contributed by atoms with Crippen molar-refractivity contribution in [2.75, 3.05) is 32.4 Å². The van der Waals surface area contributed by atoms with E-state index in [0.29, 0.717) is 13.1 Å². The number of urea groups is 1. The summed E-state index contributed by atoms with van der Waals surface area (Å²) in [5.41, 5.74) is 0. The lowest BCUT2D eigenvalue weighted by Gasteiger charge is -2.34. The maximum atomic E-state index is 12.0. The third-order valence-corrected chi connectivity index (χ3v) is 4.46. The fraction of sp³-hybridized carbons (Fsp3) is 0.900. The van der Waals surface area contributed by atoms with E-state index in [9.17, 15) is 13.2 Å². The summed E-state index contributed by atoms with van der Waals surface area (Å²) in [7, 11) is -1.86. The van der Waals surface area contributed by atoms with Gasteiger partial charge in [0.2, 0.25) is 10.0 Å². The first-order valence-electron chi connectivity index (χ1n) is 5.94. The van der Waals surface area contributed by atoms with Crippen molar-refractivity contribution in [2.45, 2.75) is 26.1 Å². The Kier molecular flexibility index (Phi) is 5.36. The number of hydrogen-bond acceptors (Lipinski definition) is 4. The number of carbonyl (C=O) groups is 1. The van der Waals surface area contributed by atoms with Gasteiger partial charge in [-0.2, -0.15) is 4.31 Å². The molecular formula is C10H21N3O4S. The average Bonchev–Trinajstić information content (AvgIpc) is 2.27. The molecule has 0 unspecified atom stereocenters. The van der Waals surface area contributed by atoms with E-state index >= 15 is 0 Å². The molecule has 0 aliphatic carbocycles.